The lowest BCUT2D eigenvalue weighted by Crippen LogP contribution is -2.30. The van der Waals surface area contributed by atoms with Gasteiger partial charge in [0.1, 0.15) is 5.82 Å². The summed E-state index contributed by atoms with van der Waals surface area (Å²) in [6.45, 7) is 6.15. The quantitative estimate of drug-likeness (QED) is 0.710. The third-order valence-electron chi connectivity index (χ3n) is 2.85. The fraction of sp³-hybridized carbons (Fsp3) is 0.643. The Morgan fingerprint density at radius 2 is 2.00 bits per heavy atom. The minimum Gasteiger partial charge on any atom is -0.358 e. The van der Waals surface area contributed by atoms with Crippen molar-refractivity contribution in [3.8, 4) is 0 Å². The molecule has 1 heterocycles. The zero-order chi connectivity index (χ0) is 13.4. The van der Waals surface area contributed by atoms with Crippen molar-refractivity contribution in [2.45, 2.75) is 19.9 Å². The Morgan fingerprint density at radius 1 is 1.22 bits per heavy atom. The maximum atomic E-state index is 4.50. The number of nitrogens with one attached hydrogen (secondary N) is 1. The van der Waals surface area contributed by atoms with Gasteiger partial charge in [0.2, 0.25) is 0 Å². The van der Waals surface area contributed by atoms with E-state index in [-0.39, 0.29) is 0 Å². The first-order chi connectivity index (χ1) is 8.65. The largest absolute Gasteiger partial charge is 0.358 e. The molecule has 4 nitrogen and oxygen atoms in total. The summed E-state index contributed by atoms with van der Waals surface area (Å²) in [6.07, 6.45) is 3.02. The molecule has 102 valence electrons. The van der Waals surface area contributed by atoms with Crippen LogP contribution >= 0.6 is 0 Å². The Bertz CT molecular complexity index is 338. The average Bonchev–Trinajstić information content (AvgIpc) is 2.37. The smallest absolute Gasteiger partial charge is 0.132 e. The first-order valence-electron chi connectivity index (χ1n) is 6.65. The van der Waals surface area contributed by atoms with E-state index in [2.05, 4.69) is 54.2 Å². The fourth-order valence-electron chi connectivity index (χ4n) is 1.77. The maximum absolute atomic E-state index is 4.50. The second-order valence-corrected chi connectivity index (χ2v) is 4.89. The van der Waals surface area contributed by atoms with Crippen molar-refractivity contribution < 1.29 is 0 Å². The number of hydrogen-bond donors (Lipinski definition) is 1. The van der Waals surface area contributed by atoms with Crippen molar-refractivity contribution in [2.24, 2.45) is 0 Å². The van der Waals surface area contributed by atoms with Crippen LogP contribution in [0.4, 0.5) is 5.82 Å². The van der Waals surface area contributed by atoms with Crippen LogP contribution in [-0.4, -0.2) is 50.7 Å². The summed E-state index contributed by atoms with van der Waals surface area (Å²) in [4.78, 5) is 8.92. The summed E-state index contributed by atoms with van der Waals surface area (Å²) in [6, 6.07) is 4.16. The third kappa shape index (κ3) is 5.02. The Hall–Kier alpha value is -1.13. The van der Waals surface area contributed by atoms with Gasteiger partial charge in [-0.2, -0.15) is 0 Å². The first-order valence-corrected chi connectivity index (χ1v) is 6.65. The lowest BCUT2D eigenvalue weighted by atomic mass is 10.2. The van der Waals surface area contributed by atoms with Crippen molar-refractivity contribution >= 4 is 5.82 Å². The number of rotatable bonds is 8. The summed E-state index contributed by atoms with van der Waals surface area (Å²) in [7, 11) is 6.29. The second kappa shape index (κ2) is 8.06. The topological polar surface area (TPSA) is 31.4 Å². The van der Waals surface area contributed by atoms with Gasteiger partial charge in [-0.15, -0.1) is 0 Å². The summed E-state index contributed by atoms with van der Waals surface area (Å²) in [5.41, 5.74) is 1.27. The number of likely N-dealkylation sites (N-methyl/N-ethyl adjacent to an activating group) is 2. The Labute approximate surface area is 111 Å². The molecule has 0 aliphatic rings. The van der Waals surface area contributed by atoms with Crippen molar-refractivity contribution in [2.75, 3.05) is 45.7 Å². The molecule has 18 heavy (non-hydrogen) atoms. The molecule has 0 amide bonds. The number of hydrogen-bond acceptors (Lipinski definition) is 4. The van der Waals surface area contributed by atoms with Gasteiger partial charge in [0.25, 0.3) is 0 Å². The lowest BCUT2D eigenvalue weighted by molar-refractivity contribution is 0.416. The first kappa shape index (κ1) is 14.9. The predicted octanol–water partition coefficient (Wildman–Crippen LogP) is 1.58. The van der Waals surface area contributed by atoms with Crippen LogP contribution in [0.5, 0.6) is 0 Å². The molecule has 0 aliphatic carbocycles. The van der Waals surface area contributed by atoms with Gasteiger partial charge in [-0.1, -0.05) is 13.0 Å². The monoisotopic (exact) mass is 250 g/mol. The van der Waals surface area contributed by atoms with E-state index in [0.29, 0.717) is 0 Å². The van der Waals surface area contributed by atoms with Gasteiger partial charge < -0.3 is 15.1 Å². The van der Waals surface area contributed by atoms with Crippen molar-refractivity contribution in [3.63, 3.8) is 0 Å². The molecule has 0 saturated heterocycles. The highest BCUT2D eigenvalue weighted by Crippen LogP contribution is 2.15. The van der Waals surface area contributed by atoms with Gasteiger partial charge >= 0.3 is 0 Å². The van der Waals surface area contributed by atoms with Crippen LogP contribution in [0.25, 0.3) is 0 Å². The summed E-state index contributed by atoms with van der Waals surface area (Å²) >= 11 is 0. The zero-order valence-corrected chi connectivity index (χ0v) is 12.1. The molecule has 0 unspecified atom stereocenters. The fourth-order valence-corrected chi connectivity index (χ4v) is 1.77. The number of nitrogens with zero attached hydrogens (tertiary/aromatic N) is 3. The highest BCUT2D eigenvalue weighted by atomic mass is 15.2. The minimum absolute atomic E-state index is 0.892. The SMILES string of the molecule is CCCNCc1cccnc1N(C)CCN(C)C. The van der Waals surface area contributed by atoms with E-state index in [1.54, 1.807) is 0 Å². The van der Waals surface area contributed by atoms with Crippen LogP contribution in [0.3, 0.4) is 0 Å². The van der Waals surface area contributed by atoms with E-state index in [9.17, 15) is 0 Å². The number of anilines is 1. The molecule has 0 aliphatic heterocycles. The number of pyridine rings is 1. The normalized spacial score (nSPS) is 10.9. The molecular weight excluding hydrogens is 224 g/mol. The predicted molar refractivity (Wildman–Crippen MR) is 78.1 cm³/mol. The van der Waals surface area contributed by atoms with Crippen molar-refractivity contribution in [1.29, 1.82) is 0 Å². The van der Waals surface area contributed by atoms with Gasteiger partial charge in [-0.3, -0.25) is 0 Å². The Kier molecular flexibility index (Phi) is 6.68. The summed E-state index contributed by atoms with van der Waals surface area (Å²) in [5.74, 6) is 1.09. The average molecular weight is 250 g/mol. The molecular formula is C14H26N4. The Balaban J connectivity index is 2.62. The molecule has 0 atom stereocenters. The van der Waals surface area contributed by atoms with Crippen molar-refractivity contribution in [3.05, 3.63) is 23.9 Å². The van der Waals surface area contributed by atoms with E-state index in [1.807, 2.05) is 12.3 Å². The van der Waals surface area contributed by atoms with E-state index < -0.39 is 0 Å². The molecule has 0 aromatic carbocycles. The van der Waals surface area contributed by atoms with E-state index in [1.165, 1.54) is 5.56 Å². The summed E-state index contributed by atoms with van der Waals surface area (Å²) in [5, 5.41) is 3.43. The molecule has 4 heteroatoms. The van der Waals surface area contributed by atoms with Crippen LogP contribution < -0.4 is 10.2 Å². The molecule has 1 aromatic heterocycles. The van der Waals surface area contributed by atoms with E-state index in [4.69, 9.17) is 0 Å². The van der Waals surface area contributed by atoms with E-state index >= 15 is 0 Å². The second-order valence-electron chi connectivity index (χ2n) is 4.89. The minimum atomic E-state index is 0.892. The van der Waals surface area contributed by atoms with Gasteiger partial charge in [-0.25, -0.2) is 4.98 Å². The Morgan fingerprint density at radius 3 is 2.67 bits per heavy atom. The van der Waals surface area contributed by atoms with Crippen LogP contribution in [0, 0.1) is 0 Å². The van der Waals surface area contributed by atoms with Crippen LogP contribution in [-0.2, 0) is 6.54 Å². The molecule has 0 saturated carbocycles. The standard InChI is InChI=1S/C14H26N4/c1-5-8-15-12-13-7-6-9-16-14(13)18(4)11-10-17(2)3/h6-7,9,15H,5,8,10-12H2,1-4H3. The molecule has 1 rings (SSSR count). The number of aromatic nitrogens is 1. The highest BCUT2D eigenvalue weighted by molar-refractivity contribution is 5.45. The molecule has 0 fully saturated rings. The molecule has 0 radical (unpaired) electrons. The van der Waals surface area contributed by atoms with E-state index in [0.717, 1.165) is 38.4 Å². The van der Waals surface area contributed by atoms with Crippen LogP contribution in [0.15, 0.2) is 18.3 Å². The molecule has 0 spiro atoms. The van der Waals surface area contributed by atoms with Gasteiger partial charge in [0, 0.05) is 38.4 Å². The van der Waals surface area contributed by atoms with Gasteiger partial charge in [0.05, 0.1) is 0 Å². The molecule has 1 N–H and O–H groups in total. The van der Waals surface area contributed by atoms with Gasteiger partial charge in [-0.05, 0) is 33.1 Å². The van der Waals surface area contributed by atoms with Gasteiger partial charge in [0.15, 0.2) is 0 Å². The van der Waals surface area contributed by atoms with Crippen LogP contribution in [0.2, 0.25) is 0 Å². The highest BCUT2D eigenvalue weighted by Gasteiger charge is 2.08. The lowest BCUT2D eigenvalue weighted by Gasteiger charge is -2.23. The summed E-state index contributed by atoms with van der Waals surface area (Å²) < 4.78 is 0. The molecule has 0 bridgehead atoms. The molecule has 1 aromatic rings. The van der Waals surface area contributed by atoms with Crippen LogP contribution in [0.1, 0.15) is 18.9 Å². The maximum Gasteiger partial charge on any atom is 0.132 e. The van der Waals surface area contributed by atoms with Crippen molar-refractivity contribution in [1.82, 2.24) is 15.2 Å². The third-order valence-corrected chi connectivity index (χ3v) is 2.85. The zero-order valence-electron chi connectivity index (χ0n) is 12.1.